The van der Waals surface area contributed by atoms with E-state index in [2.05, 4.69) is 9.97 Å². The molecule has 1 aliphatic rings. The van der Waals surface area contributed by atoms with Crippen LogP contribution in [0.25, 0.3) is 11.1 Å². The van der Waals surface area contributed by atoms with Gasteiger partial charge in [0.15, 0.2) is 0 Å². The highest BCUT2D eigenvalue weighted by Crippen LogP contribution is 2.21. The number of nitrogens with two attached hydrogens (primary N) is 1. The van der Waals surface area contributed by atoms with Gasteiger partial charge in [-0.15, -0.1) is 0 Å². The summed E-state index contributed by atoms with van der Waals surface area (Å²) in [5, 5.41) is 0. The van der Waals surface area contributed by atoms with E-state index < -0.39 is 0 Å². The van der Waals surface area contributed by atoms with Gasteiger partial charge in [0, 0.05) is 57.7 Å². The molecule has 0 atom stereocenters. The Labute approximate surface area is 170 Å². The van der Waals surface area contributed by atoms with E-state index in [-0.39, 0.29) is 18.5 Å². The first-order chi connectivity index (χ1) is 14.0. The average Bonchev–Trinajstić information content (AvgIpc) is 2.78. The van der Waals surface area contributed by atoms with E-state index in [4.69, 9.17) is 10.5 Å². The van der Waals surface area contributed by atoms with Crippen LogP contribution in [0.2, 0.25) is 0 Å². The van der Waals surface area contributed by atoms with Crippen molar-refractivity contribution in [2.45, 2.75) is 6.54 Å². The first kappa shape index (κ1) is 20.5. The molecule has 2 heterocycles. The average molecular weight is 398 g/mol. The van der Waals surface area contributed by atoms with E-state index in [0.29, 0.717) is 38.7 Å². The molecule has 0 radical (unpaired) electrons. The van der Waals surface area contributed by atoms with Crippen molar-refractivity contribution in [2.75, 3.05) is 51.8 Å². The Balaban J connectivity index is 1.65. The van der Waals surface area contributed by atoms with Crippen LogP contribution in [0.1, 0.15) is 5.56 Å². The summed E-state index contributed by atoms with van der Waals surface area (Å²) in [5.41, 5.74) is 8.31. The fourth-order valence-corrected chi connectivity index (χ4v) is 3.22. The number of methoxy groups -OCH3 is 1. The Hall–Kier alpha value is -3.20. The summed E-state index contributed by atoms with van der Waals surface area (Å²) < 4.78 is 4.76. The summed E-state index contributed by atoms with van der Waals surface area (Å²) in [7, 11) is 3.12. The molecule has 0 bridgehead atoms. The zero-order valence-corrected chi connectivity index (χ0v) is 16.7. The molecular weight excluding hydrogens is 372 g/mol. The van der Waals surface area contributed by atoms with Crippen molar-refractivity contribution in [3.63, 3.8) is 0 Å². The predicted octanol–water partition coefficient (Wildman–Crippen LogP) is 0.949. The molecule has 0 saturated carbocycles. The van der Waals surface area contributed by atoms with Gasteiger partial charge < -0.3 is 25.2 Å². The standard InChI is InChI=1S/C20H26N6O3/c1-24(18(27)11-21)14-15-4-3-5-16(10-15)17-12-22-19(23-13-17)25-6-8-26(9-7-25)20(28)29-2/h3-5,10,12-13H,6-9,11,14,21H2,1-2H3. The van der Waals surface area contributed by atoms with E-state index in [9.17, 15) is 9.59 Å². The van der Waals surface area contributed by atoms with Crippen molar-refractivity contribution in [1.29, 1.82) is 0 Å². The molecule has 3 rings (SSSR count). The minimum atomic E-state index is -0.306. The third-order valence-corrected chi connectivity index (χ3v) is 4.91. The fourth-order valence-electron chi connectivity index (χ4n) is 3.22. The van der Waals surface area contributed by atoms with Crippen LogP contribution in [0.15, 0.2) is 36.7 Å². The van der Waals surface area contributed by atoms with Crippen LogP contribution in [0.4, 0.5) is 10.7 Å². The summed E-state index contributed by atoms with van der Waals surface area (Å²) >= 11 is 0. The lowest BCUT2D eigenvalue weighted by molar-refractivity contribution is -0.128. The summed E-state index contributed by atoms with van der Waals surface area (Å²) in [4.78, 5) is 37.6. The number of ether oxygens (including phenoxy) is 1. The minimum Gasteiger partial charge on any atom is -0.453 e. The monoisotopic (exact) mass is 398 g/mol. The zero-order chi connectivity index (χ0) is 20.8. The number of rotatable bonds is 5. The van der Waals surface area contributed by atoms with Crippen molar-refractivity contribution in [3.05, 3.63) is 42.2 Å². The molecule has 0 unspecified atom stereocenters. The number of likely N-dealkylation sites (N-methyl/N-ethyl adjacent to an activating group) is 1. The number of amides is 2. The van der Waals surface area contributed by atoms with E-state index in [1.165, 1.54) is 7.11 Å². The second-order valence-electron chi connectivity index (χ2n) is 6.87. The molecule has 0 aliphatic carbocycles. The quantitative estimate of drug-likeness (QED) is 0.799. The number of hydrogen-bond acceptors (Lipinski definition) is 7. The van der Waals surface area contributed by atoms with Gasteiger partial charge >= 0.3 is 6.09 Å². The number of piperazine rings is 1. The van der Waals surface area contributed by atoms with E-state index in [1.54, 1.807) is 29.2 Å². The smallest absolute Gasteiger partial charge is 0.409 e. The number of anilines is 1. The minimum absolute atomic E-state index is 0.000613. The molecule has 1 fully saturated rings. The second-order valence-corrected chi connectivity index (χ2v) is 6.87. The molecule has 1 aliphatic heterocycles. The van der Waals surface area contributed by atoms with Crippen LogP contribution in [-0.2, 0) is 16.1 Å². The molecular formula is C20H26N6O3. The van der Waals surface area contributed by atoms with Crippen LogP contribution < -0.4 is 10.6 Å². The normalized spacial score (nSPS) is 13.9. The van der Waals surface area contributed by atoms with E-state index in [0.717, 1.165) is 16.7 Å². The van der Waals surface area contributed by atoms with Gasteiger partial charge in [0.2, 0.25) is 11.9 Å². The predicted molar refractivity (Wildman–Crippen MR) is 109 cm³/mol. The van der Waals surface area contributed by atoms with Crippen LogP contribution in [-0.4, -0.2) is 78.6 Å². The van der Waals surface area contributed by atoms with Gasteiger partial charge in [-0.1, -0.05) is 18.2 Å². The van der Waals surface area contributed by atoms with Crippen LogP contribution in [0.5, 0.6) is 0 Å². The Morgan fingerprint density at radius 2 is 1.83 bits per heavy atom. The van der Waals surface area contributed by atoms with Crippen molar-refractivity contribution >= 4 is 17.9 Å². The van der Waals surface area contributed by atoms with Crippen LogP contribution in [0, 0.1) is 0 Å². The summed E-state index contributed by atoms with van der Waals surface area (Å²) in [6.07, 6.45) is 3.28. The number of hydrogen-bond donors (Lipinski definition) is 1. The number of nitrogens with zero attached hydrogens (tertiary/aromatic N) is 5. The Morgan fingerprint density at radius 3 is 2.45 bits per heavy atom. The van der Waals surface area contributed by atoms with Crippen molar-refractivity contribution in [3.8, 4) is 11.1 Å². The van der Waals surface area contributed by atoms with Gasteiger partial charge in [0.25, 0.3) is 0 Å². The number of aromatic nitrogens is 2. The summed E-state index contributed by atoms with van der Waals surface area (Å²) in [5.74, 6) is 0.540. The largest absolute Gasteiger partial charge is 0.453 e. The van der Waals surface area contributed by atoms with Crippen molar-refractivity contribution in [1.82, 2.24) is 19.8 Å². The Morgan fingerprint density at radius 1 is 1.14 bits per heavy atom. The Kier molecular flexibility index (Phi) is 6.61. The first-order valence-corrected chi connectivity index (χ1v) is 9.45. The lowest BCUT2D eigenvalue weighted by Gasteiger charge is -2.33. The molecule has 1 aromatic carbocycles. The first-order valence-electron chi connectivity index (χ1n) is 9.45. The van der Waals surface area contributed by atoms with Gasteiger partial charge in [0.05, 0.1) is 13.7 Å². The third kappa shape index (κ3) is 5.00. The summed E-state index contributed by atoms with van der Waals surface area (Å²) in [6.45, 7) is 2.97. The fraction of sp³-hybridized carbons (Fsp3) is 0.400. The van der Waals surface area contributed by atoms with Crippen LogP contribution in [0.3, 0.4) is 0 Å². The second kappa shape index (κ2) is 9.33. The molecule has 9 nitrogen and oxygen atoms in total. The molecule has 154 valence electrons. The zero-order valence-electron chi connectivity index (χ0n) is 16.7. The lowest BCUT2D eigenvalue weighted by Crippen LogP contribution is -2.49. The molecule has 1 aromatic heterocycles. The highest BCUT2D eigenvalue weighted by atomic mass is 16.5. The third-order valence-electron chi connectivity index (χ3n) is 4.91. The van der Waals surface area contributed by atoms with Gasteiger partial charge in [-0.2, -0.15) is 0 Å². The van der Waals surface area contributed by atoms with Crippen LogP contribution >= 0.6 is 0 Å². The maximum Gasteiger partial charge on any atom is 0.409 e. The van der Waals surface area contributed by atoms with E-state index in [1.807, 2.05) is 29.2 Å². The molecule has 29 heavy (non-hydrogen) atoms. The topological polar surface area (TPSA) is 105 Å². The maximum absolute atomic E-state index is 11.7. The van der Waals surface area contributed by atoms with Crippen molar-refractivity contribution < 1.29 is 14.3 Å². The van der Waals surface area contributed by atoms with E-state index >= 15 is 0 Å². The van der Waals surface area contributed by atoms with Gasteiger partial charge in [-0.25, -0.2) is 14.8 Å². The molecule has 2 N–H and O–H groups in total. The number of benzene rings is 1. The Bertz CT molecular complexity index is 850. The molecule has 2 amide bonds. The van der Waals surface area contributed by atoms with Gasteiger partial charge in [0.1, 0.15) is 0 Å². The van der Waals surface area contributed by atoms with Gasteiger partial charge in [-0.05, 0) is 17.2 Å². The molecule has 9 heteroatoms. The molecule has 0 spiro atoms. The van der Waals surface area contributed by atoms with Gasteiger partial charge in [-0.3, -0.25) is 4.79 Å². The highest BCUT2D eigenvalue weighted by Gasteiger charge is 2.22. The number of carbonyl (C=O) groups excluding carboxylic acids is 2. The summed E-state index contributed by atoms with van der Waals surface area (Å²) in [6, 6.07) is 7.93. The van der Waals surface area contributed by atoms with Crippen molar-refractivity contribution in [2.24, 2.45) is 5.73 Å². The maximum atomic E-state index is 11.7. The SMILES string of the molecule is COC(=O)N1CCN(c2ncc(-c3cccc(CN(C)C(=O)CN)c3)cn2)CC1. The lowest BCUT2D eigenvalue weighted by atomic mass is 10.1. The number of carbonyl (C=O) groups is 2. The molecule has 2 aromatic rings. The molecule has 1 saturated heterocycles. The highest BCUT2D eigenvalue weighted by molar-refractivity contribution is 5.77.